The van der Waals surface area contributed by atoms with Gasteiger partial charge in [-0.3, -0.25) is 19.4 Å². The van der Waals surface area contributed by atoms with Crippen molar-refractivity contribution in [1.29, 1.82) is 0 Å². The topological polar surface area (TPSA) is 115 Å². The zero-order valence-electron chi connectivity index (χ0n) is 15.5. The number of amides is 1. The number of aliphatic imine (C=N–C) groups is 1. The largest absolute Gasteiger partial charge is 0.481 e. The van der Waals surface area contributed by atoms with Crippen molar-refractivity contribution in [2.45, 2.75) is 13.0 Å². The number of carbonyl (C=O) groups is 3. The molecule has 0 saturated heterocycles. The van der Waals surface area contributed by atoms with E-state index in [0.29, 0.717) is 16.5 Å². The summed E-state index contributed by atoms with van der Waals surface area (Å²) >= 11 is 0. The highest BCUT2D eigenvalue weighted by atomic mass is 19.2. The van der Waals surface area contributed by atoms with Crippen molar-refractivity contribution in [3.05, 3.63) is 70.4 Å². The Balaban J connectivity index is 2.03. The minimum atomic E-state index is -1.14. The van der Waals surface area contributed by atoms with E-state index in [2.05, 4.69) is 4.99 Å². The SMILES string of the molecule is NC(=O)c1cccc2c1c1c(n2Cc2ccc(F)c(F)c2)C(CC(=O)O)=NCC1=O. The lowest BCUT2D eigenvalue weighted by Gasteiger charge is -2.16. The van der Waals surface area contributed by atoms with Crippen LogP contribution in [0.5, 0.6) is 0 Å². The molecule has 0 saturated carbocycles. The van der Waals surface area contributed by atoms with Gasteiger partial charge in [-0.25, -0.2) is 8.78 Å². The molecule has 1 aromatic heterocycles. The predicted octanol–water partition coefficient (Wildman–Crippen LogP) is 2.53. The number of nitrogens with two attached hydrogens (primary N) is 1. The number of aliphatic carboxylic acids is 1. The minimum absolute atomic E-state index is 0.00281. The fraction of sp³-hybridized carbons (Fsp3) is 0.143. The molecule has 1 amide bonds. The molecule has 0 bridgehead atoms. The van der Waals surface area contributed by atoms with Crippen LogP contribution in [0, 0.1) is 11.6 Å². The van der Waals surface area contributed by atoms with Gasteiger partial charge in [0.25, 0.3) is 0 Å². The smallest absolute Gasteiger partial charge is 0.309 e. The normalized spacial score (nSPS) is 13.3. The van der Waals surface area contributed by atoms with Gasteiger partial charge < -0.3 is 15.4 Å². The lowest BCUT2D eigenvalue weighted by atomic mass is 9.96. The molecular formula is C21H15F2N3O4. The molecule has 2 heterocycles. The number of carboxylic acids is 1. The van der Waals surface area contributed by atoms with Crippen LogP contribution >= 0.6 is 0 Å². The first-order valence-electron chi connectivity index (χ1n) is 8.95. The quantitative estimate of drug-likeness (QED) is 0.671. The fourth-order valence-corrected chi connectivity index (χ4v) is 3.77. The fourth-order valence-electron chi connectivity index (χ4n) is 3.77. The minimum Gasteiger partial charge on any atom is -0.481 e. The summed E-state index contributed by atoms with van der Waals surface area (Å²) in [5, 5.41) is 9.58. The van der Waals surface area contributed by atoms with Crippen molar-refractivity contribution in [2.24, 2.45) is 10.7 Å². The van der Waals surface area contributed by atoms with Gasteiger partial charge in [0.1, 0.15) is 6.54 Å². The van der Waals surface area contributed by atoms with Crippen LogP contribution < -0.4 is 5.73 Å². The van der Waals surface area contributed by atoms with Gasteiger partial charge in [-0.2, -0.15) is 0 Å². The monoisotopic (exact) mass is 411 g/mol. The van der Waals surface area contributed by atoms with Crippen LogP contribution in [0.15, 0.2) is 41.4 Å². The van der Waals surface area contributed by atoms with E-state index < -0.39 is 29.9 Å². The molecule has 0 atom stereocenters. The number of nitrogens with zero attached hydrogens (tertiary/aromatic N) is 2. The number of ketones is 1. The summed E-state index contributed by atoms with van der Waals surface area (Å²) in [4.78, 5) is 40.2. The lowest BCUT2D eigenvalue weighted by Crippen LogP contribution is -2.24. The molecule has 3 aromatic rings. The standard InChI is InChI=1S/C21H15F2N3O4/c22-12-5-4-10(6-13(12)23)9-26-15-3-1-2-11(21(24)30)18(15)19-16(27)8-25-14(20(19)26)7-17(28)29/h1-6H,7-9H2,(H2,24,30)(H,28,29). The zero-order chi connectivity index (χ0) is 21.6. The number of benzene rings is 2. The van der Waals surface area contributed by atoms with Crippen LogP contribution in [0.3, 0.4) is 0 Å². The Hall–Kier alpha value is -3.88. The molecule has 4 rings (SSSR count). The maximum Gasteiger partial charge on any atom is 0.309 e. The van der Waals surface area contributed by atoms with Crippen LogP contribution in [0.1, 0.15) is 38.4 Å². The maximum atomic E-state index is 13.7. The zero-order valence-corrected chi connectivity index (χ0v) is 15.5. The molecule has 3 N–H and O–H groups in total. The summed E-state index contributed by atoms with van der Waals surface area (Å²) in [6, 6.07) is 8.08. The van der Waals surface area contributed by atoms with Gasteiger partial charge in [-0.1, -0.05) is 12.1 Å². The van der Waals surface area contributed by atoms with Gasteiger partial charge in [0, 0.05) is 17.5 Å². The third kappa shape index (κ3) is 3.14. The molecule has 2 aromatic carbocycles. The summed E-state index contributed by atoms with van der Waals surface area (Å²) in [7, 11) is 0. The first kappa shape index (κ1) is 19.4. The molecule has 30 heavy (non-hydrogen) atoms. The molecule has 0 fully saturated rings. The van der Waals surface area contributed by atoms with E-state index in [1.165, 1.54) is 12.1 Å². The first-order valence-corrected chi connectivity index (χ1v) is 8.95. The molecule has 0 unspecified atom stereocenters. The number of carbonyl (C=O) groups excluding carboxylic acids is 2. The molecule has 7 nitrogen and oxygen atoms in total. The van der Waals surface area contributed by atoms with Crippen molar-refractivity contribution in [2.75, 3.05) is 6.54 Å². The Bertz CT molecular complexity index is 1280. The van der Waals surface area contributed by atoms with Crippen LogP contribution in [0.2, 0.25) is 0 Å². The molecule has 0 radical (unpaired) electrons. The second-order valence-corrected chi connectivity index (χ2v) is 6.88. The summed E-state index contributed by atoms with van der Waals surface area (Å²) in [6.07, 6.45) is -0.444. The third-order valence-corrected chi connectivity index (χ3v) is 4.96. The second kappa shape index (κ2) is 7.18. The molecule has 1 aliphatic rings. The third-order valence-electron chi connectivity index (χ3n) is 4.96. The van der Waals surface area contributed by atoms with E-state index in [9.17, 15) is 28.3 Å². The van der Waals surface area contributed by atoms with Gasteiger partial charge in [0.05, 0.1) is 28.9 Å². The van der Waals surface area contributed by atoms with Gasteiger partial charge >= 0.3 is 5.97 Å². The van der Waals surface area contributed by atoms with E-state index >= 15 is 0 Å². The lowest BCUT2D eigenvalue weighted by molar-refractivity contribution is -0.135. The Morgan fingerprint density at radius 3 is 2.60 bits per heavy atom. The van der Waals surface area contributed by atoms with Crippen molar-refractivity contribution < 1.29 is 28.3 Å². The molecule has 0 spiro atoms. The number of carboxylic acid groups (broad SMARTS) is 1. The molecule has 9 heteroatoms. The number of rotatable bonds is 5. The van der Waals surface area contributed by atoms with Crippen molar-refractivity contribution in [3.63, 3.8) is 0 Å². The number of aromatic nitrogens is 1. The highest BCUT2D eigenvalue weighted by Gasteiger charge is 2.31. The van der Waals surface area contributed by atoms with E-state index in [1.807, 2.05) is 0 Å². The van der Waals surface area contributed by atoms with Crippen LogP contribution in [-0.2, 0) is 11.3 Å². The highest BCUT2D eigenvalue weighted by molar-refractivity contribution is 6.26. The van der Waals surface area contributed by atoms with Crippen molar-refractivity contribution in [3.8, 4) is 0 Å². The average molecular weight is 411 g/mol. The Morgan fingerprint density at radius 2 is 1.93 bits per heavy atom. The van der Waals surface area contributed by atoms with E-state index in [4.69, 9.17) is 5.73 Å². The molecule has 0 aliphatic carbocycles. The molecule has 1 aliphatic heterocycles. The van der Waals surface area contributed by atoms with Gasteiger partial charge in [0.15, 0.2) is 17.4 Å². The average Bonchev–Trinajstić information content (AvgIpc) is 3.02. The highest BCUT2D eigenvalue weighted by Crippen LogP contribution is 2.33. The second-order valence-electron chi connectivity index (χ2n) is 6.88. The first-order chi connectivity index (χ1) is 14.3. The summed E-state index contributed by atoms with van der Waals surface area (Å²) in [6.45, 7) is -0.260. The number of primary amides is 1. The van der Waals surface area contributed by atoms with Crippen molar-refractivity contribution in [1.82, 2.24) is 4.57 Å². The van der Waals surface area contributed by atoms with Crippen molar-refractivity contribution >= 4 is 34.3 Å². The predicted molar refractivity (Wildman–Crippen MR) is 104 cm³/mol. The van der Waals surface area contributed by atoms with E-state index in [0.717, 1.165) is 12.1 Å². The van der Waals surface area contributed by atoms with E-state index in [1.54, 1.807) is 16.7 Å². The van der Waals surface area contributed by atoms with E-state index in [-0.39, 0.29) is 41.4 Å². The van der Waals surface area contributed by atoms with Gasteiger partial charge in [0.2, 0.25) is 5.91 Å². The number of halogens is 2. The summed E-state index contributed by atoms with van der Waals surface area (Å²) in [5.74, 6) is -4.32. The van der Waals surface area contributed by atoms with Gasteiger partial charge in [-0.15, -0.1) is 0 Å². The number of Topliss-reactive ketones (excluding diaryl/α,β-unsaturated/α-hetero) is 1. The Morgan fingerprint density at radius 1 is 1.17 bits per heavy atom. The van der Waals surface area contributed by atoms with Gasteiger partial charge in [-0.05, 0) is 29.8 Å². The van der Waals surface area contributed by atoms with Crippen LogP contribution in [0.25, 0.3) is 10.9 Å². The number of hydrogen-bond acceptors (Lipinski definition) is 4. The summed E-state index contributed by atoms with van der Waals surface area (Å²) in [5.41, 5.74) is 6.98. The molecular weight excluding hydrogens is 396 g/mol. The molecule has 152 valence electrons. The number of fused-ring (bicyclic) bond motifs is 3. The Labute approximate surface area is 168 Å². The number of hydrogen-bond donors (Lipinski definition) is 2. The summed E-state index contributed by atoms with van der Waals surface area (Å²) < 4.78 is 28.7. The van der Waals surface area contributed by atoms with Crippen LogP contribution in [-0.4, -0.2) is 39.6 Å². The Kier molecular flexibility index (Phi) is 4.65. The van der Waals surface area contributed by atoms with Crippen LogP contribution in [0.4, 0.5) is 8.78 Å². The maximum absolute atomic E-state index is 13.7.